The predicted octanol–water partition coefficient (Wildman–Crippen LogP) is 7.79. The Morgan fingerprint density at radius 3 is 2.59 bits per heavy atom. The monoisotopic (exact) mass is 396 g/mol. The first-order valence-corrected chi connectivity index (χ1v) is 12.1. The average molecular weight is 397 g/mol. The molecule has 3 aliphatic rings. The third-order valence-corrected chi connectivity index (χ3v) is 8.21. The second kappa shape index (κ2) is 8.96. The van der Waals surface area contributed by atoms with Crippen LogP contribution in [0.5, 0.6) is 0 Å². The number of allylic oxidation sites excluding steroid dienone is 6. The van der Waals surface area contributed by atoms with Gasteiger partial charge in [-0.25, -0.2) is 0 Å². The topological polar surface area (TPSA) is 20.2 Å². The van der Waals surface area contributed by atoms with Crippen molar-refractivity contribution in [2.24, 2.45) is 29.1 Å². The minimum absolute atomic E-state index is 0.444. The molecule has 0 heterocycles. The van der Waals surface area contributed by atoms with Crippen LogP contribution in [0.25, 0.3) is 0 Å². The maximum atomic E-state index is 10.5. The lowest BCUT2D eigenvalue weighted by molar-refractivity contribution is 0.0456. The van der Waals surface area contributed by atoms with Crippen molar-refractivity contribution in [1.82, 2.24) is 0 Å². The van der Waals surface area contributed by atoms with Gasteiger partial charge in [-0.2, -0.15) is 0 Å². The summed E-state index contributed by atoms with van der Waals surface area (Å²) in [6.45, 7) is 15.9. The second-order valence-electron chi connectivity index (χ2n) is 11.2. The molecule has 29 heavy (non-hydrogen) atoms. The first-order chi connectivity index (χ1) is 13.6. The smallest absolute Gasteiger partial charge is 0.0663 e. The van der Waals surface area contributed by atoms with Gasteiger partial charge in [0.25, 0.3) is 0 Å². The van der Waals surface area contributed by atoms with Crippen LogP contribution >= 0.6 is 0 Å². The quantitative estimate of drug-likeness (QED) is 0.470. The third-order valence-electron chi connectivity index (χ3n) is 8.21. The van der Waals surface area contributed by atoms with Crippen LogP contribution in [0.1, 0.15) is 92.4 Å². The van der Waals surface area contributed by atoms with Crippen LogP contribution in [0.15, 0.2) is 47.6 Å². The molecule has 162 valence electrons. The summed E-state index contributed by atoms with van der Waals surface area (Å²) < 4.78 is 0. The van der Waals surface area contributed by atoms with Gasteiger partial charge in [0.05, 0.1) is 5.60 Å². The molecule has 0 radical (unpaired) electrons. The van der Waals surface area contributed by atoms with E-state index in [1.807, 2.05) is 6.92 Å². The van der Waals surface area contributed by atoms with Crippen molar-refractivity contribution in [1.29, 1.82) is 0 Å². The van der Waals surface area contributed by atoms with E-state index in [9.17, 15) is 5.11 Å². The molecule has 0 amide bonds. The molecule has 0 aliphatic heterocycles. The molecule has 0 aromatic rings. The molecule has 0 spiro atoms. The van der Waals surface area contributed by atoms with Gasteiger partial charge in [0.15, 0.2) is 0 Å². The van der Waals surface area contributed by atoms with E-state index in [0.717, 1.165) is 37.0 Å². The van der Waals surface area contributed by atoms with Gasteiger partial charge < -0.3 is 5.11 Å². The van der Waals surface area contributed by atoms with Crippen LogP contribution in [0.4, 0.5) is 0 Å². The molecule has 1 nitrogen and oxygen atoms in total. The van der Waals surface area contributed by atoms with Crippen molar-refractivity contribution in [2.45, 2.75) is 98.0 Å². The van der Waals surface area contributed by atoms with Crippen LogP contribution < -0.4 is 0 Å². The lowest BCUT2D eigenvalue weighted by Crippen LogP contribution is -2.35. The summed E-state index contributed by atoms with van der Waals surface area (Å²) >= 11 is 0. The van der Waals surface area contributed by atoms with Crippen molar-refractivity contribution < 1.29 is 5.11 Å². The van der Waals surface area contributed by atoms with Crippen molar-refractivity contribution in [2.75, 3.05) is 0 Å². The molecule has 1 N–H and O–H groups in total. The minimum atomic E-state index is -0.567. The summed E-state index contributed by atoms with van der Waals surface area (Å²) in [5, 5.41) is 10.5. The highest BCUT2D eigenvalue weighted by Gasteiger charge is 2.50. The van der Waals surface area contributed by atoms with Crippen LogP contribution in [0.2, 0.25) is 0 Å². The number of rotatable bonds is 5. The number of hydrogen-bond acceptors (Lipinski definition) is 1. The van der Waals surface area contributed by atoms with E-state index in [4.69, 9.17) is 0 Å². The van der Waals surface area contributed by atoms with Crippen LogP contribution in [0, 0.1) is 29.1 Å². The summed E-state index contributed by atoms with van der Waals surface area (Å²) in [5.74, 6) is 2.96. The maximum Gasteiger partial charge on any atom is 0.0663 e. The van der Waals surface area contributed by atoms with Gasteiger partial charge in [-0.3, -0.25) is 0 Å². The Bertz CT molecular complexity index is 689. The summed E-state index contributed by atoms with van der Waals surface area (Å²) in [4.78, 5) is 0. The number of aliphatic hydroxyl groups is 1. The van der Waals surface area contributed by atoms with E-state index in [1.165, 1.54) is 49.7 Å². The van der Waals surface area contributed by atoms with Crippen molar-refractivity contribution in [3.8, 4) is 0 Å². The summed E-state index contributed by atoms with van der Waals surface area (Å²) in [6.07, 6.45) is 20.0. The maximum absolute atomic E-state index is 10.5. The predicted molar refractivity (Wildman–Crippen MR) is 126 cm³/mol. The normalized spacial score (nSPS) is 39.6. The molecule has 5 atom stereocenters. The second-order valence-corrected chi connectivity index (χ2v) is 11.2. The van der Waals surface area contributed by atoms with Gasteiger partial charge in [-0.1, -0.05) is 69.7 Å². The van der Waals surface area contributed by atoms with Crippen LogP contribution in [0.3, 0.4) is 0 Å². The van der Waals surface area contributed by atoms with Crippen LogP contribution in [-0.2, 0) is 0 Å². The Morgan fingerprint density at radius 2 is 1.86 bits per heavy atom. The SMILES string of the molecule is C=C1CC[C@](C)(O)C/C1=C/C=C1\CCC[C@@]2(C)C1CC[C@@H]2[C@H](C)/C=C/CC(C)C. The van der Waals surface area contributed by atoms with E-state index < -0.39 is 5.60 Å². The molecule has 3 aliphatic carbocycles. The first-order valence-electron chi connectivity index (χ1n) is 12.1. The zero-order chi connectivity index (χ0) is 21.2. The Kier molecular flexibility index (Phi) is 6.99. The lowest BCUT2D eigenvalue weighted by atomic mass is 9.61. The Labute approximate surface area is 180 Å². The van der Waals surface area contributed by atoms with Crippen molar-refractivity contribution in [3.05, 3.63) is 47.6 Å². The van der Waals surface area contributed by atoms with E-state index in [0.29, 0.717) is 11.3 Å². The lowest BCUT2D eigenvalue weighted by Gasteiger charge is -2.44. The summed E-state index contributed by atoms with van der Waals surface area (Å²) in [7, 11) is 0. The fraction of sp³-hybridized carbons (Fsp3) is 0.714. The Morgan fingerprint density at radius 1 is 1.10 bits per heavy atom. The Balaban J connectivity index is 1.75. The van der Waals surface area contributed by atoms with E-state index in [1.54, 1.807) is 5.57 Å². The first kappa shape index (κ1) is 22.6. The van der Waals surface area contributed by atoms with Gasteiger partial charge in [-0.15, -0.1) is 0 Å². The molecular weight excluding hydrogens is 352 g/mol. The van der Waals surface area contributed by atoms with E-state index in [2.05, 4.69) is 58.6 Å². The number of fused-ring (bicyclic) bond motifs is 1. The molecule has 0 bridgehead atoms. The molecule has 1 heteroatoms. The third kappa shape index (κ3) is 5.16. The highest BCUT2D eigenvalue weighted by Crippen LogP contribution is 2.59. The van der Waals surface area contributed by atoms with E-state index >= 15 is 0 Å². The molecular formula is C28H44O. The van der Waals surface area contributed by atoms with Gasteiger partial charge >= 0.3 is 0 Å². The molecule has 3 saturated carbocycles. The van der Waals surface area contributed by atoms with Crippen molar-refractivity contribution in [3.63, 3.8) is 0 Å². The molecule has 3 fully saturated rings. The van der Waals surface area contributed by atoms with Gasteiger partial charge in [0.1, 0.15) is 0 Å². The molecule has 0 aromatic heterocycles. The van der Waals surface area contributed by atoms with Gasteiger partial charge in [-0.05, 0) is 93.0 Å². The summed E-state index contributed by atoms with van der Waals surface area (Å²) in [5.41, 5.74) is 4.02. The molecule has 0 aromatic carbocycles. The Hall–Kier alpha value is -1.08. The van der Waals surface area contributed by atoms with Gasteiger partial charge in [0, 0.05) is 6.42 Å². The molecule has 3 rings (SSSR count). The van der Waals surface area contributed by atoms with Crippen LogP contribution in [-0.4, -0.2) is 10.7 Å². The molecule has 0 saturated heterocycles. The fourth-order valence-corrected chi connectivity index (χ4v) is 6.43. The standard InChI is InChI=1S/C28H44O/c1-20(2)9-7-10-22(4)25-14-15-26-23(11-8-17-28(25,26)6)12-13-24-19-27(5,29)18-16-21(24)3/h7,10,12-13,20,22,25-26,29H,3,8-9,11,14-19H2,1-2,4-6H3/b10-7+,23-12+,24-13-/t22-,25-,26?,27+,28-/m1/s1. The largest absolute Gasteiger partial charge is 0.390 e. The zero-order valence-electron chi connectivity index (χ0n) is 19.6. The number of hydrogen-bond donors (Lipinski definition) is 1. The minimum Gasteiger partial charge on any atom is -0.390 e. The average Bonchev–Trinajstić information content (AvgIpc) is 2.99. The zero-order valence-corrected chi connectivity index (χ0v) is 19.6. The highest BCUT2D eigenvalue weighted by atomic mass is 16.3. The fourth-order valence-electron chi connectivity index (χ4n) is 6.43. The molecule has 1 unspecified atom stereocenters. The van der Waals surface area contributed by atoms with Crippen molar-refractivity contribution >= 4 is 0 Å². The summed E-state index contributed by atoms with van der Waals surface area (Å²) in [6, 6.07) is 0. The highest BCUT2D eigenvalue weighted by molar-refractivity contribution is 5.37. The van der Waals surface area contributed by atoms with Gasteiger partial charge in [0.2, 0.25) is 0 Å². The van der Waals surface area contributed by atoms with E-state index in [-0.39, 0.29) is 0 Å².